The largest absolute Gasteiger partial charge is 0.309 e. The summed E-state index contributed by atoms with van der Waals surface area (Å²) in [7, 11) is 0. The minimum absolute atomic E-state index is 0.123. The van der Waals surface area contributed by atoms with Crippen molar-refractivity contribution in [2.45, 2.75) is 38.9 Å². The monoisotopic (exact) mass is 346 g/mol. The van der Waals surface area contributed by atoms with Gasteiger partial charge in [0.1, 0.15) is 5.82 Å². The van der Waals surface area contributed by atoms with Crippen molar-refractivity contribution in [3.63, 3.8) is 0 Å². The number of hydrogen-bond acceptors (Lipinski definition) is 4. The van der Waals surface area contributed by atoms with Gasteiger partial charge in [-0.25, -0.2) is 4.39 Å². The van der Waals surface area contributed by atoms with Crippen LogP contribution in [-0.4, -0.2) is 29.8 Å². The number of nitrogens with one attached hydrogen (secondary N) is 1. The van der Waals surface area contributed by atoms with E-state index in [0.717, 1.165) is 48.5 Å². The number of hydrogen-bond donors (Lipinski definition) is 1. The summed E-state index contributed by atoms with van der Waals surface area (Å²) < 4.78 is 13.8. The van der Waals surface area contributed by atoms with Crippen molar-refractivity contribution >= 4 is 17.1 Å². The van der Waals surface area contributed by atoms with E-state index in [1.54, 1.807) is 13.0 Å². The number of halogens is 1. The zero-order valence-corrected chi connectivity index (χ0v) is 14.7. The second kappa shape index (κ2) is 8.01. The third-order valence-corrected chi connectivity index (χ3v) is 5.53. The zero-order valence-electron chi connectivity index (χ0n) is 13.9. The van der Waals surface area contributed by atoms with Gasteiger partial charge in [0.15, 0.2) is 5.78 Å². The first-order valence-electron chi connectivity index (χ1n) is 8.39. The van der Waals surface area contributed by atoms with Gasteiger partial charge in [0, 0.05) is 31.2 Å². The fourth-order valence-electron chi connectivity index (χ4n) is 3.15. The number of likely N-dealkylation sites (tertiary alicyclic amines) is 1. The number of carbonyl (C=O) groups excluding carboxylic acids is 1. The van der Waals surface area contributed by atoms with E-state index in [2.05, 4.69) is 10.2 Å². The molecule has 2 aromatic rings. The summed E-state index contributed by atoms with van der Waals surface area (Å²) in [6.07, 6.45) is 2.26. The minimum atomic E-state index is -0.123. The summed E-state index contributed by atoms with van der Waals surface area (Å²) in [6.45, 7) is 4.99. The number of nitrogens with zero attached hydrogens (tertiary/aromatic N) is 1. The SMILES string of the molecule is CC(=O)c1cc(CN[C@@H]2CCCN(Cc3ccccc3F)C2)cs1. The second-order valence-electron chi connectivity index (χ2n) is 6.42. The molecule has 1 atom stereocenters. The Labute approximate surface area is 146 Å². The summed E-state index contributed by atoms with van der Waals surface area (Å²) in [5.74, 6) is 0.00240. The Morgan fingerprint density at radius 1 is 1.42 bits per heavy atom. The van der Waals surface area contributed by atoms with E-state index in [-0.39, 0.29) is 11.6 Å². The van der Waals surface area contributed by atoms with Gasteiger partial charge in [-0.15, -0.1) is 11.3 Å². The first-order chi connectivity index (χ1) is 11.6. The molecular weight excluding hydrogens is 323 g/mol. The fraction of sp³-hybridized carbons (Fsp3) is 0.421. The Bertz CT molecular complexity index is 700. The Hall–Kier alpha value is -1.56. The van der Waals surface area contributed by atoms with Gasteiger partial charge in [-0.3, -0.25) is 9.69 Å². The lowest BCUT2D eigenvalue weighted by Gasteiger charge is -2.33. The molecule has 1 N–H and O–H groups in total. The van der Waals surface area contributed by atoms with Crippen LogP contribution in [0.15, 0.2) is 35.7 Å². The molecule has 5 heteroatoms. The Kier molecular flexibility index (Phi) is 5.76. The predicted octanol–water partition coefficient (Wildman–Crippen LogP) is 3.84. The van der Waals surface area contributed by atoms with Crippen molar-refractivity contribution < 1.29 is 9.18 Å². The summed E-state index contributed by atoms with van der Waals surface area (Å²) in [5, 5.41) is 5.63. The topological polar surface area (TPSA) is 32.3 Å². The molecule has 3 nitrogen and oxygen atoms in total. The molecule has 0 unspecified atom stereocenters. The van der Waals surface area contributed by atoms with Gasteiger partial charge < -0.3 is 5.32 Å². The van der Waals surface area contributed by atoms with Gasteiger partial charge >= 0.3 is 0 Å². The molecule has 3 rings (SSSR count). The summed E-state index contributed by atoms with van der Waals surface area (Å²) in [5.41, 5.74) is 1.93. The molecule has 0 saturated carbocycles. The van der Waals surface area contributed by atoms with Crippen LogP contribution in [0, 0.1) is 5.82 Å². The van der Waals surface area contributed by atoms with Gasteiger partial charge in [0.2, 0.25) is 0 Å². The number of ketones is 1. The first kappa shape index (κ1) is 17.3. The number of piperidine rings is 1. The maximum atomic E-state index is 13.8. The number of rotatable bonds is 6. The smallest absolute Gasteiger partial charge is 0.169 e. The number of carbonyl (C=O) groups is 1. The molecule has 1 aromatic carbocycles. The van der Waals surface area contributed by atoms with Gasteiger partial charge in [0.05, 0.1) is 4.88 Å². The Balaban J connectivity index is 1.51. The van der Waals surface area contributed by atoms with E-state index in [1.165, 1.54) is 17.4 Å². The van der Waals surface area contributed by atoms with E-state index in [1.807, 2.05) is 23.6 Å². The van der Waals surface area contributed by atoms with Crippen molar-refractivity contribution in [2.75, 3.05) is 13.1 Å². The van der Waals surface area contributed by atoms with Crippen LogP contribution in [0.1, 0.15) is 40.6 Å². The lowest BCUT2D eigenvalue weighted by Crippen LogP contribution is -2.45. The fourth-order valence-corrected chi connectivity index (χ4v) is 3.96. The molecule has 1 saturated heterocycles. The van der Waals surface area contributed by atoms with Crippen molar-refractivity contribution in [3.8, 4) is 0 Å². The van der Waals surface area contributed by atoms with Gasteiger partial charge in [-0.05, 0) is 49.4 Å². The number of Topliss-reactive ketones (excluding diaryl/α,β-unsaturated/α-hetero) is 1. The van der Waals surface area contributed by atoms with Crippen LogP contribution in [0.25, 0.3) is 0 Å². The molecule has 1 fully saturated rings. The summed E-state index contributed by atoms with van der Waals surface area (Å²) in [4.78, 5) is 14.5. The highest BCUT2D eigenvalue weighted by Crippen LogP contribution is 2.18. The van der Waals surface area contributed by atoms with Crippen molar-refractivity contribution in [3.05, 3.63) is 57.5 Å². The molecular formula is C19H23FN2OS. The lowest BCUT2D eigenvalue weighted by molar-refractivity contribution is 0.102. The lowest BCUT2D eigenvalue weighted by atomic mass is 10.0. The van der Waals surface area contributed by atoms with Crippen LogP contribution < -0.4 is 5.32 Å². The van der Waals surface area contributed by atoms with E-state index in [4.69, 9.17) is 0 Å². The van der Waals surface area contributed by atoms with Crippen molar-refractivity contribution in [1.82, 2.24) is 10.2 Å². The third kappa shape index (κ3) is 4.50. The van der Waals surface area contributed by atoms with Gasteiger partial charge in [-0.1, -0.05) is 18.2 Å². The quantitative estimate of drug-likeness (QED) is 0.807. The van der Waals surface area contributed by atoms with Crippen LogP contribution in [0.2, 0.25) is 0 Å². The highest BCUT2D eigenvalue weighted by atomic mass is 32.1. The Morgan fingerprint density at radius 3 is 3.00 bits per heavy atom. The number of thiophene rings is 1. The van der Waals surface area contributed by atoms with Gasteiger partial charge in [-0.2, -0.15) is 0 Å². The predicted molar refractivity (Wildman–Crippen MR) is 95.9 cm³/mol. The highest BCUT2D eigenvalue weighted by Gasteiger charge is 2.20. The standard InChI is InChI=1S/C19H23FN2OS/c1-14(23)19-9-15(13-24-19)10-21-17-6-4-8-22(12-17)11-16-5-2-3-7-18(16)20/h2-3,5,7,9,13,17,21H,4,6,8,10-12H2,1H3/t17-/m1/s1. The van der Waals surface area contributed by atoms with Crippen LogP contribution in [0.3, 0.4) is 0 Å². The van der Waals surface area contributed by atoms with E-state index in [0.29, 0.717) is 12.6 Å². The zero-order chi connectivity index (χ0) is 16.9. The molecule has 0 bridgehead atoms. The highest BCUT2D eigenvalue weighted by molar-refractivity contribution is 7.12. The van der Waals surface area contributed by atoms with Crippen LogP contribution >= 0.6 is 11.3 Å². The molecule has 0 aliphatic carbocycles. The van der Waals surface area contributed by atoms with Crippen LogP contribution in [0.4, 0.5) is 4.39 Å². The first-order valence-corrected chi connectivity index (χ1v) is 9.27. The minimum Gasteiger partial charge on any atom is -0.309 e. The van der Waals surface area contributed by atoms with Crippen molar-refractivity contribution in [1.29, 1.82) is 0 Å². The summed E-state index contributed by atoms with van der Waals surface area (Å²) >= 11 is 1.51. The van der Waals surface area contributed by atoms with E-state index in [9.17, 15) is 9.18 Å². The molecule has 24 heavy (non-hydrogen) atoms. The molecule has 128 valence electrons. The maximum Gasteiger partial charge on any atom is 0.169 e. The van der Waals surface area contributed by atoms with E-state index >= 15 is 0 Å². The van der Waals surface area contributed by atoms with E-state index < -0.39 is 0 Å². The Morgan fingerprint density at radius 2 is 2.25 bits per heavy atom. The maximum absolute atomic E-state index is 13.8. The molecule has 0 radical (unpaired) electrons. The molecule has 0 spiro atoms. The summed E-state index contributed by atoms with van der Waals surface area (Å²) in [6, 6.07) is 9.39. The molecule has 1 aliphatic rings. The third-order valence-electron chi connectivity index (χ3n) is 4.45. The molecule has 0 amide bonds. The molecule has 2 heterocycles. The number of benzene rings is 1. The normalized spacial score (nSPS) is 18.7. The second-order valence-corrected chi connectivity index (χ2v) is 7.33. The van der Waals surface area contributed by atoms with Crippen molar-refractivity contribution in [2.24, 2.45) is 0 Å². The molecule has 1 aliphatic heterocycles. The average molecular weight is 346 g/mol. The van der Waals surface area contributed by atoms with Gasteiger partial charge in [0.25, 0.3) is 0 Å². The van der Waals surface area contributed by atoms with Crippen LogP contribution in [-0.2, 0) is 13.1 Å². The average Bonchev–Trinajstić information content (AvgIpc) is 3.05. The van der Waals surface area contributed by atoms with Crippen LogP contribution in [0.5, 0.6) is 0 Å². The molecule has 1 aromatic heterocycles.